The number of hydrogen-bond donors (Lipinski definition) is 1. The summed E-state index contributed by atoms with van der Waals surface area (Å²) in [6, 6.07) is 9.58. The average Bonchev–Trinajstić information content (AvgIpc) is 3.10. The summed E-state index contributed by atoms with van der Waals surface area (Å²) in [5.74, 6) is 0. The first-order valence-corrected chi connectivity index (χ1v) is 6.99. The summed E-state index contributed by atoms with van der Waals surface area (Å²) in [5, 5.41) is 3.49. The van der Waals surface area contributed by atoms with Gasteiger partial charge >= 0.3 is 0 Å². The van der Waals surface area contributed by atoms with Crippen LogP contribution in [0.15, 0.2) is 24.3 Å². The fourth-order valence-electron chi connectivity index (χ4n) is 1.79. The van der Waals surface area contributed by atoms with Crippen LogP contribution < -0.4 is 5.32 Å². The van der Waals surface area contributed by atoms with Gasteiger partial charge in [0.2, 0.25) is 0 Å². The second kappa shape index (κ2) is 5.98. The topological polar surface area (TPSA) is 15.3 Å². The summed E-state index contributed by atoms with van der Waals surface area (Å²) in [6.07, 6.45) is 2.79. The van der Waals surface area contributed by atoms with E-state index in [2.05, 4.69) is 64.1 Å². The molecule has 0 amide bonds. The molecule has 0 spiro atoms. The molecule has 1 aromatic rings. The van der Waals surface area contributed by atoms with Crippen LogP contribution in [0.1, 0.15) is 18.4 Å². The lowest BCUT2D eigenvalue weighted by atomic mass is 10.2. The van der Waals surface area contributed by atoms with Crippen LogP contribution in [0.25, 0.3) is 0 Å². The van der Waals surface area contributed by atoms with Gasteiger partial charge in [0, 0.05) is 29.2 Å². The molecule has 88 valence electrons. The van der Waals surface area contributed by atoms with Crippen molar-refractivity contribution in [2.24, 2.45) is 0 Å². The highest BCUT2D eigenvalue weighted by Gasteiger charge is 2.25. The van der Waals surface area contributed by atoms with Crippen molar-refractivity contribution in [1.29, 1.82) is 0 Å². The molecule has 0 bridgehead atoms. The number of likely N-dealkylation sites (N-methyl/N-ethyl adjacent to an activating group) is 1. The fourth-order valence-corrected chi connectivity index (χ4v) is 2.15. The van der Waals surface area contributed by atoms with Gasteiger partial charge in [0.05, 0.1) is 0 Å². The summed E-state index contributed by atoms with van der Waals surface area (Å²) >= 11 is 2.34. The molecule has 1 N–H and O–H groups in total. The lowest BCUT2D eigenvalue weighted by Crippen LogP contribution is -2.30. The first-order valence-electron chi connectivity index (χ1n) is 5.91. The normalized spacial score (nSPS) is 15.7. The first kappa shape index (κ1) is 12.3. The molecule has 0 unspecified atom stereocenters. The molecule has 0 radical (unpaired) electrons. The van der Waals surface area contributed by atoms with E-state index in [0.29, 0.717) is 0 Å². The van der Waals surface area contributed by atoms with Gasteiger partial charge in [0.1, 0.15) is 0 Å². The minimum Gasteiger partial charge on any atom is -0.311 e. The lowest BCUT2D eigenvalue weighted by Gasteiger charge is -2.15. The lowest BCUT2D eigenvalue weighted by molar-refractivity contribution is 0.321. The molecule has 1 saturated carbocycles. The Bertz CT molecular complexity index is 319. The molecule has 0 aromatic heterocycles. The molecule has 2 rings (SSSR count). The van der Waals surface area contributed by atoms with E-state index < -0.39 is 0 Å². The molecule has 3 heteroatoms. The van der Waals surface area contributed by atoms with E-state index in [1.54, 1.807) is 0 Å². The van der Waals surface area contributed by atoms with Crippen molar-refractivity contribution < 1.29 is 0 Å². The molecule has 1 fully saturated rings. The Morgan fingerprint density at radius 1 is 1.31 bits per heavy atom. The maximum absolute atomic E-state index is 3.49. The molecule has 1 aliphatic carbocycles. The SMILES string of the molecule is CN(CCNCc1ccc(I)cc1)C1CC1. The third kappa shape index (κ3) is 4.03. The molecule has 1 aliphatic rings. The van der Waals surface area contributed by atoms with Gasteiger partial charge in [-0.15, -0.1) is 0 Å². The number of rotatable bonds is 6. The Kier molecular flexibility index (Phi) is 4.61. The fraction of sp³-hybridized carbons (Fsp3) is 0.538. The Morgan fingerprint density at radius 2 is 2.00 bits per heavy atom. The molecular formula is C13H19IN2. The monoisotopic (exact) mass is 330 g/mol. The van der Waals surface area contributed by atoms with Crippen molar-refractivity contribution >= 4 is 22.6 Å². The number of benzene rings is 1. The van der Waals surface area contributed by atoms with E-state index in [-0.39, 0.29) is 0 Å². The van der Waals surface area contributed by atoms with Crippen molar-refractivity contribution in [3.8, 4) is 0 Å². The minimum atomic E-state index is 0.875. The highest BCUT2D eigenvalue weighted by Crippen LogP contribution is 2.24. The van der Waals surface area contributed by atoms with Gasteiger partial charge < -0.3 is 10.2 Å². The van der Waals surface area contributed by atoms with Crippen LogP contribution in [-0.2, 0) is 6.54 Å². The van der Waals surface area contributed by atoms with Crippen molar-refractivity contribution in [1.82, 2.24) is 10.2 Å². The Labute approximate surface area is 112 Å². The Balaban J connectivity index is 1.62. The van der Waals surface area contributed by atoms with Crippen molar-refractivity contribution in [3.63, 3.8) is 0 Å². The van der Waals surface area contributed by atoms with Gasteiger partial charge in [-0.2, -0.15) is 0 Å². The van der Waals surface area contributed by atoms with Gasteiger partial charge in [-0.3, -0.25) is 0 Å². The molecule has 0 heterocycles. The summed E-state index contributed by atoms with van der Waals surface area (Å²) in [7, 11) is 2.23. The first-order chi connectivity index (χ1) is 7.75. The van der Waals surface area contributed by atoms with Crippen LogP contribution in [-0.4, -0.2) is 31.1 Å². The number of nitrogens with zero attached hydrogens (tertiary/aromatic N) is 1. The maximum atomic E-state index is 3.49. The van der Waals surface area contributed by atoms with Gasteiger partial charge in [0.15, 0.2) is 0 Å². The van der Waals surface area contributed by atoms with Gasteiger partial charge in [-0.25, -0.2) is 0 Å². The van der Waals surface area contributed by atoms with E-state index in [9.17, 15) is 0 Å². The van der Waals surface area contributed by atoms with E-state index in [4.69, 9.17) is 0 Å². The highest BCUT2D eigenvalue weighted by molar-refractivity contribution is 14.1. The third-order valence-corrected chi connectivity index (χ3v) is 3.77. The van der Waals surface area contributed by atoms with E-state index >= 15 is 0 Å². The van der Waals surface area contributed by atoms with Crippen LogP contribution in [0.5, 0.6) is 0 Å². The molecule has 0 saturated heterocycles. The average molecular weight is 330 g/mol. The predicted molar refractivity (Wildman–Crippen MR) is 76.5 cm³/mol. The summed E-state index contributed by atoms with van der Waals surface area (Å²) in [4.78, 5) is 2.46. The number of nitrogens with one attached hydrogen (secondary N) is 1. The van der Waals surface area contributed by atoms with Crippen LogP contribution in [0.4, 0.5) is 0 Å². The predicted octanol–water partition coefficient (Wildman–Crippen LogP) is 2.48. The van der Waals surface area contributed by atoms with E-state index in [1.165, 1.54) is 22.0 Å². The van der Waals surface area contributed by atoms with Crippen LogP contribution >= 0.6 is 22.6 Å². The second-order valence-electron chi connectivity index (χ2n) is 4.52. The van der Waals surface area contributed by atoms with Crippen molar-refractivity contribution in [2.75, 3.05) is 20.1 Å². The summed E-state index contributed by atoms with van der Waals surface area (Å²) in [6.45, 7) is 3.23. The van der Waals surface area contributed by atoms with Gasteiger partial charge in [0.25, 0.3) is 0 Å². The third-order valence-electron chi connectivity index (χ3n) is 3.05. The van der Waals surface area contributed by atoms with Gasteiger partial charge in [-0.05, 0) is 60.2 Å². The van der Waals surface area contributed by atoms with E-state index in [1.807, 2.05) is 0 Å². The Morgan fingerprint density at radius 3 is 2.62 bits per heavy atom. The minimum absolute atomic E-state index is 0.875. The molecule has 1 aromatic carbocycles. The van der Waals surface area contributed by atoms with E-state index in [0.717, 1.165) is 25.7 Å². The van der Waals surface area contributed by atoms with Crippen LogP contribution in [0, 0.1) is 3.57 Å². The standard InChI is InChI=1S/C13H19IN2/c1-16(13-6-7-13)9-8-15-10-11-2-4-12(14)5-3-11/h2-5,13,15H,6-10H2,1H3. The second-order valence-corrected chi connectivity index (χ2v) is 5.76. The zero-order valence-electron chi connectivity index (χ0n) is 9.75. The Hall–Kier alpha value is -0.130. The summed E-state index contributed by atoms with van der Waals surface area (Å²) < 4.78 is 1.30. The maximum Gasteiger partial charge on any atom is 0.0206 e. The quantitative estimate of drug-likeness (QED) is 0.637. The molecular weight excluding hydrogens is 311 g/mol. The molecule has 16 heavy (non-hydrogen) atoms. The zero-order chi connectivity index (χ0) is 11.4. The smallest absolute Gasteiger partial charge is 0.0206 e. The van der Waals surface area contributed by atoms with Gasteiger partial charge in [-0.1, -0.05) is 12.1 Å². The zero-order valence-corrected chi connectivity index (χ0v) is 11.9. The summed E-state index contributed by atoms with van der Waals surface area (Å²) in [5.41, 5.74) is 1.37. The van der Waals surface area contributed by atoms with Crippen molar-refractivity contribution in [2.45, 2.75) is 25.4 Å². The largest absolute Gasteiger partial charge is 0.311 e. The molecule has 2 nitrogen and oxygen atoms in total. The molecule has 0 aliphatic heterocycles. The van der Waals surface area contributed by atoms with Crippen molar-refractivity contribution in [3.05, 3.63) is 33.4 Å². The molecule has 0 atom stereocenters. The number of hydrogen-bond acceptors (Lipinski definition) is 2. The highest BCUT2D eigenvalue weighted by atomic mass is 127. The number of halogens is 1. The van der Waals surface area contributed by atoms with Crippen LogP contribution in [0.2, 0.25) is 0 Å². The van der Waals surface area contributed by atoms with Crippen LogP contribution in [0.3, 0.4) is 0 Å².